The summed E-state index contributed by atoms with van der Waals surface area (Å²) in [5, 5.41) is 7.32. The Morgan fingerprint density at radius 1 is 0.682 bits per heavy atom. The van der Waals surface area contributed by atoms with E-state index in [1.807, 2.05) is 128 Å². The Balaban J connectivity index is 0.000000285. The van der Waals surface area contributed by atoms with Crippen LogP contribution in [0.3, 0.4) is 0 Å². The van der Waals surface area contributed by atoms with Crippen LogP contribution in [0.25, 0.3) is 0 Å². The summed E-state index contributed by atoms with van der Waals surface area (Å²) in [6.45, 7) is 20.6. The van der Waals surface area contributed by atoms with Gasteiger partial charge in [0, 0.05) is 48.5 Å². The Labute approximate surface area is 408 Å². The lowest BCUT2D eigenvalue weighted by molar-refractivity contribution is -0.128. The number of amides is 3. The summed E-state index contributed by atoms with van der Waals surface area (Å²) in [5.74, 6) is 1.51. The minimum atomic E-state index is -0.557. The highest BCUT2D eigenvalue weighted by Crippen LogP contribution is 2.33. The van der Waals surface area contributed by atoms with Gasteiger partial charge >= 0.3 is 12.2 Å². The molecule has 0 radical (unpaired) electrons. The first-order chi connectivity index (χ1) is 31.0. The average Bonchev–Trinajstić information content (AvgIpc) is 3.21. The number of anilines is 1. The molecule has 4 aromatic rings. The van der Waals surface area contributed by atoms with Crippen molar-refractivity contribution < 1.29 is 38.1 Å². The number of carbonyl (C=O) groups is 4. The van der Waals surface area contributed by atoms with Gasteiger partial charge in [0.15, 0.2) is 0 Å². The molecule has 4 aromatic carbocycles. The lowest BCUT2D eigenvalue weighted by Crippen LogP contribution is -2.57. The second-order valence-corrected chi connectivity index (χ2v) is 19.8. The fourth-order valence-corrected chi connectivity index (χ4v) is 7.39. The number of nitrogens with zero attached hydrogens (tertiary/aromatic N) is 4. The van der Waals surface area contributed by atoms with Gasteiger partial charge in [0.05, 0.1) is 44.4 Å². The van der Waals surface area contributed by atoms with Gasteiger partial charge < -0.3 is 33.6 Å². The number of rotatable bonds is 10. The van der Waals surface area contributed by atoms with Gasteiger partial charge in [0.1, 0.15) is 28.5 Å². The van der Waals surface area contributed by atoms with Crippen molar-refractivity contribution in [3.63, 3.8) is 0 Å². The van der Waals surface area contributed by atoms with Crippen LogP contribution in [-0.4, -0.2) is 85.3 Å². The molecule has 12 nitrogen and oxygen atoms in total. The molecule has 0 bridgehead atoms. The van der Waals surface area contributed by atoms with E-state index in [0.717, 1.165) is 54.8 Å². The zero-order chi connectivity index (χ0) is 49.4. The van der Waals surface area contributed by atoms with Crippen LogP contribution in [0.4, 0.5) is 15.3 Å². The molecule has 0 atom stereocenters. The van der Waals surface area contributed by atoms with Crippen LogP contribution in [0.2, 0.25) is 0 Å². The minimum absolute atomic E-state index is 0.0121. The summed E-state index contributed by atoms with van der Waals surface area (Å²) in [6, 6.07) is 29.5. The van der Waals surface area contributed by atoms with Crippen LogP contribution in [-0.2, 0) is 38.4 Å². The number of likely N-dealkylation sites (tertiary alicyclic amines) is 2. The first-order valence-corrected chi connectivity index (χ1v) is 23.5. The molecule has 0 saturated carbocycles. The zero-order valence-electron chi connectivity index (χ0n) is 40.5. The van der Waals surface area contributed by atoms with E-state index in [0.29, 0.717) is 39.1 Å². The quantitative estimate of drug-likeness (QED) is 0.152. The van der Waals surface area contributed by atoms with Gasteiger partial charge in [-0.3, -0.25) is 9.59 Å². The monoisotopic (exact) mass is 1030 g/mol. The summed E-state index contributed by atoms with van der Waals surface area (Å²) in [4.78, 5) is 54.8. The lowest BCUT2D eigenvalue weighted by Gasteiger charge is -2.41. The van der Waals surface area contributed by atoms with Crippen molar-refractivity contribution in [2.45, 2.75) is 99.8 Å². The third-order valence-electron chi connectivity index (χ3n) is 10.2. The van der Waals surface area contributed by atoms with E-state index < -0.39 is 11.2 Å². The van der Waals surface area contributed by atoms with Crippen molar-refractivity contribution in [1.82, 2.24) is 9.80 Å². The molecule has 2 heterocycles. The molecule has 0 aromatic heterocycles. The highest BCUT2D eigenvalue weighted by atomic mass is 79.9. The van der Waals surface area contributed by atoms with Gasteiger partial charge in [-0.2, -0.15) is 5.26 Å². The van der Waals surface area contributed by atoms with Gasteiger partial charge in [-0.25, -0.2) is 9.59 Å². The van der Waals surface area contributed by atoms with Gasteiger partial charge in [-0.15, -0.1) is 0 Å². The number of methoxy groups -OCH3 is 2. The van der Waals surface area contributed by atoms with E-state index in [1.165, 1.54) is 12.5 Å². The van der Waals surface area contributed by atoms with Gasteiger partial charge in [-0.1, -0.05) is 70.9 Å². The number of halogens is 2. The Bertz CT molecular complexity index is 2250. The van der Waals surface area contributed by atoms with E-state index in [1.54, 1.807) is 35.0 Å². The number of nitriles is 1. The number of hydrogen-bond donors (Lipinski definition) is 0. The highest BCUT2D eigenvalue weighted by molar-refractivity contribution is 9.11. The summed E-state index contributed by atoms with van der Waals surface area (Å²) in [5.41, 5.74) is 5.30. The Hall–Kier alpha value is -5.39. The summed E-state index contributed by atoms with van der Waals surface area (Å²) in [7, 11) is 3.31. The molecular formula is C52H66Br2N4O8. The molecule has 2 aliphatic heterocycles. The van der Waals surface area contributed by atoms with Crippen molar-refractivity contribution in [2.24, 2.45) is 11.8 Å². The second kappa shape index (κ2) is 25.5. The maximum atomic E-state index is 13.5. The van der Waals surface area contributed by atoms with E-state index in [-0.39, 0.29) is 35.7 Å². The molecule has 66 heavy (non-hydrogen) atoms. The molecule has 0 N–H and O–H groups in total. The minimum Gasteiger partial charge on any atom is -0.497 e. The molecule has 6 rings (SSSR count). The van der Waals surface area contributed by atoms with E-state index in [2.05, 4.69) is 50.9 Å². The van der Waals surface area contributed by atoms with Crippen LogP contribution in [0.1, 0.15) is 83.2 Å². The topological polar surface area (TPSA) is 139 Å². The SMILES string of the molecule is CC#N.CCc1ccc(OC)cc1.COc1ccc(CN(C(=O)C2CN(C(=O)OC(C)(C)C)C2)c2cc(C)ccc2Br)cc1.Cc1ccc(Br)c(CC(=O)C2CN(C(=O)OC(C)(C)C)C2)c1. The fourth-order valence-electron chi connectivity index (χ4n) is 6.55. The van der Waals surface area contributed by atoms with Crippen molar-refractivity contribution in [3.05, 3.63) is 122 Å². The van der Waals surface area contributed by atoms with Crippen LogP contribution in [0.5, 0.6) is 11.5 Å². The third kappa shape index (κ3) is 17.8. The molecule has 2 saturated heterocycles. The van der Waals surface area contributed by atoms with E-state index >= 15 is 0 Å². The summed E-state index contributed by atoms with van der Waals surface area (Å²) >= 11 is 7.07. The zero-order valence-corrected chi connectivity index (χ0v) is 43.7. The van der Waals surface area contributed by atoms with E-state index in [4.69, 9.17) is 24.2 Å². The second-order valence-electron chi connectivity index (χ2n) is 18.1. The van der Waals surface area contributed by atoms with Crippen LogP contribution in [0.15, 0.2) is 93.9 Å². The smallest absolute Gasteiger partial charge is 0.410 e. The van der Waals surface area contributed by atoms with Crippen LogP contribution >= 0.6 is 31.9 Å². The largest absolute Gasteiger partial charge is 0.497 e. The molecule has 356 valence electrons. The fraction of sp³-hybridized carbons (Fsp3) is 0.442. The summed E-state index contributed by atoms with van der Waals surface area (Å²) in [6.07, 6.45) is 0.766. The maximum Gasteiger partial charge on any atom is 0.410 e. The summed E-state index contributed by atoms with van der Waals surface area (Å²) < 4.78 is 22.8. The Morgan fingerprint density at radius 2 is 1.11 bits per heavy atom. The van der Waals surface area contributed by atoms with Crippen molar-refractivity contribution in [3.8, 4) is 17.6 Å². The molecule has 2 fully saturated rings. The van der Waals surface area contributed by atoms with E-state index in [9.17, 15) is 19.2 Å². The maximum absolute atomic E-state index is 13.5. The molecule has 0 aliphatic carbocycles. The predicted molar refractivity (Wildman–Crippen MR) is 267 cm³/mol. The standard InChI is InChI=1S/C24H29BrN2O4.C17H22BrNO3.C9H12O.C2H3N/c1-16-6-11-20(25)21(12-16)27(13-17-7-9-19(30-5)10-8-17)22(28)18-14-26(15-18)23(29)31-24(2,3)4;1-11-5-6-14(18)12(7-11)8-15(20)13-9-19(10-13)16(21)22-17(2,3)4;1-3-8-4-6-9(10-2)7-5-8;1-2-3/h6-12,18H,13-15H2,1-5H3;5-7,13H,8-10H2,1-4H3;4-7H,3H2,1-2H3;1H3. The number of Topliss-reactive ketones (excluding diaryl/α,β-unsaturated/α-hetero) is 1. The molecular weight excluding hydrogens is 968 g/mol. The first kappa shape index (κ1) is 54.9. The molecule has 2 aliphatic rings. The number of ether oxygens (including phenoxy) is 4. The first-order valence-electron chi connectivity index (χ1n) is 21.9. The molecule has 14 heteroatoms. The number of carbonyl (C=O) groups excluding carboxylic acids is 4. The van der Waals surface area contributed by atoms with Crippen molar-refractivity contribution in [2.75, 3.05) is 45.3 Å². The van der Waals surface area contributed by atoms with Gasteiger partial charge in [0.2, 0.25) is 5.91 Å². The van der Waals surface area contributed by atoms with Gasteiger partial charge in [-0.05, 0) is 142 Å². The third-order valence-corrected chi connectivity index (χ3v) is 11.6. The molecule has 3 amide bonds. The van der Waals surface area contributed by atoms with Crippen LogP contribution in [0, 0.1) is 37.0 Å². The van der Waals surface area contributed by atoms with Crippen molar-refractivity contribution >= 4 is 61.4 Å². The number of benzene rings is 4. The highest BCUT2D eigenvalue weighted by Gasteiger charge is 2.41. The number of hydrogen-bond acceptors (Lipinski definition) is 9. The molecule has 0 spiro atoms. The normalized spacial score (nSPS) is 13.3. The van der Waals surface area contributed by atoms with Gasteiger partial charge in [0.25, 0.3) is 0 Å². The number of aryl methyl sites for hydroxylation is 3. The lowest BCUT2D eigenvalue weighted by atomic mass is 9.91. The number of ketones is 1. The predicted octanol–water partition coefficient (Wildman–Crippen LogP) is 11.7. The van der Waals surface area contributed by atoms with Crippen molar-refractivity contribution in [1.29, 1.82) is 5.26 Å². The van der Waals surface area contributed by atoms with Crippen LogP contribution < -0.4 is 14.4 Å². The Kier molecular flexibility index (Phi) is 21.2. The Morgan fingerprint density at radius 3 is 1.55 bits per heavy atom. The average molecular weight is 1030 g/mol. The molecule has 0 unspecified atom stereocenters.